The van der Waals surface area contributed by atoms with Crippen LogP contribution in [0, 0.1) is 22.7 Å². The van der Waals surface area contributed by atoms with Crippen molar-refractivity contribution in [3.63, 3.8) is 0 Å². The molecule has 3 saturated carbocycles. The molecule has 8 nitrogen and oxygen atoms in total. The first-order valence-corrected chi connectivity index (χ1v) is 14.4. The maximum Gasteiger partial charge on any atom is 0.187 e. The summed E-state index contributed by atoms with van der Waals surface area (Å²) in [5.74, 6) is -1.66. The highest BCUT2D eigenvalue weighted by Crippen LogP contribution is 2.70. The zero-order valence-corrected chi connectivity index (χ0v) is 24.1. The van der Waals surface area contributed by atoms with Gasteiger partial charge in [0.1, 0.15) is 5.60 Å². The Labute approximate surface area is 226 Å². The molecule has 38 heavy (non-hydrogen) atoms. The molecule has 5 N–H and O–H groups in total. The van der Waals surface area contributed by atoms with Gasteiger partial charge in [-0.15, -0.1) is 0 Å². The van der Waals surface area contributed by atoms with Gasteiger partial charge in [-0.2, -0.15) is 0 Å². The van der Waals surface area contributed by atoms with Crippen LogP contribution in [0.25, 0.3) is 0 Å². The van der Waals surface area contributed by atoms with Gasteiger partial charge in [0.25, 0.3) is 0 Å². The third kappa shape index (κ3) is 3.77. The van der Waals surface area contributed by atoms with Gasteiger partial charge in [0.15, 0.2) is 11.6 Å². The van der Waals surface area contributed by atoms with Crippen molar-refractivity contribution in [3.8, 4) is 0 Å². The van der Waals surface area contributed by atoms with Crippen LogP contribution in [-0.2, 0) is 14.3 Å². The lowest BCUT2D eigenvalue weighted by Crippen LogP contribution is -2.69. The molecule has 1 saturated heterocycles. The van der Waals surface area contributed by atoms with E-state index in [0.717, 1.165) is 0 Å². The average molecular weight is 537 g/mol. The first-order valence-electron chi connectivity index (χ1n) is 14.4. The zero-order valence-electron chi connectivity index (χ0n) is 24.1. The summed E-state index contributed by atoms with van der Waals surface area (Å²) in [6.45, 7) is 13.4. The lowest BCUT2D eigenvalue weighted by molar-refractivity contribution is -0.213. The fraction of sp³-hybridized carbons (Fsp3) is 0.900. The fourth-order valence-corrected chi connectivity index (χ4v) is 9.48. The SMILES string of the molecule is CC(C)(O)CCC1OC(C)(C)O[C@]1(C)[C@H]1CC[C@@]2(O)C3=CC(=O)[C@]4(O)CC(O)C(O)C[C@]4(C)[C@H]3CC[C@]12C. The summed E-state index contributed by atoms with van der Waals surface area (Å²) in [4.78, 5) is 13.5. The topological polar surface area (TPSA) is 137 Å². The zero-order chi connectivity index (χ0) is 28.3. The van der Waals surface area contributed by atoms with Gasteiger partial charge in [0.2, 0.25) is 0 Å². The lowest BCUT2D eigenvalue weighted by atomic mass is 9.44. The molecule has 0 aromatic carbocycles. The van der Waals surface area contributed by atoms with Crippen molar-refractivity contribution in [1.29, 1.82) is 0 Å². The normalized spacial score (nSPS) is 52.3. The monoisotopic (exact) mass is 536 g/mol. The number of hydrogen-bond donors (Lipinski definition) is 5. The molecule has 0 aromatic rings. The van der Waals surface area contributed by atoms with Gasteiger partial charge in [-0.1, -0.05) is 13.8 Å². The molecule has 10 atom stereocenters. The van der Waals surface area contributed by atoms with Crippen molar-refractivity contribution in [3.05, 3.63) is 11.6 Å². The highest BCUT2D eigenvalue weighted by molar-refractivity contribution is 6.00. The van der Waals surface area contributed by atoms with Gasteiger partial charge < -0.3 is 35.0 Å². The smallest absolute Gasteiger partial charge is 0.187 e. The average Bonchev–Trinajstić information content (AvgIpc) is 3.19. The summed E-state index contributed by atoms with van der Waals surface area (Å²) in [7, 11) is 0. The lowest BCUT2D eigenvalue weighted by Gasteiger charge is -2.62. The Kier molecular flexibility index (Phi) is 6.29. The second-order valence-electron chi connectivity index (χ2n) is 14.9. The minimum atomic E-state index is -1.78. The van der Waals surface area contributed by atoms with Gasteiger partial charge >= 0.3 is 0 Å². The molecule has 4 aliphatic carbocycles. The van der Waals surface area contributed by atoms with Gasteiger partial charge in [-0.3, -0.25) is 4.79 Å². The third-order valence-electron chi connectivity index (χ3n) is 11.5. The van der Waals surface area contributed by atoms with Crippen LogP contribution in [0.15, 0.2) is 11.6 Å². The van der Waals surface area contributed by atoms with E-state index >= 15 is 0 Å². The van der Waals surface area contributed by atoms with Crippen LogP contribution < -0.4 is 0 Å². The van der Waals surface area contributed by atoms with E-state index in [4.69, 9.17) is 9.47 Å². The maximum atomic E-state index is 13.5. The molecular formula is C30H48O8. The second-order valence-corrected chi connectivity index (χ2v) is 14.9. The van der Waals surface area contributed by atoms with E-state index in [-0.39, 0.29) is 30.8 Å². The van der Waals surface area contributed by atoms with E-state index in [2.05, 4.69) is 13.8 Å². The van der Waals surface area contributed by atoms with E-state index in [1.807, 2.05) is 20.8 Å². The summed E-state index contributed by atoms with van der Waals surface area (Å²) in [5.41, 5.74) is -5.55. The van der Waals surface area contributed by atoms with Crippen LogP contribution >= 0.6 is 0 Å². The largest absolute Gasteiger partial charge is 0.390 e. The van der Waals surface area contributed by atoms with Gasteiger partial charge in [-0.25, -0.2) is 0 Å². The molecule has 0 bridgehead atoms. The molecule has 0 amide bonds. The molecule has 216 valence electrons. The van der Waals surface area contributed by atoms with E-state index < -0.39 is 57.0 Å². The number of aliphatic hydroxyl groups excluding tert-OH is 2. The Morgan fingerprint density at radius 3 is 2.21 bits per heavy atom. The predicted octanol–water partition coefficient (Wildman–Crippen LogP) is 2.77. The van der Waals surface area contributed by atoms with E-state index in [0.29, 0.717) is 44.1 Å². The number of aliphatic hydroxyl groups is 5. The quantitative estimate of drug-likeness (QED) is 0.370. The minimum absolute atomic E-state index is 0.0714. The Balaban J connectivity index is 1.53. The highest BCUT2D eigenvalue weighted by Gasteiger charge is 2.73. The van der Waals surface area contributed by atoms with Crippen molar-refractivity contribution in [2.75, 3.05) is 0 Å². The Hall–Kier alpha value is -0.870. The highest BCUT2D eigenvalue weighted by atomic mass is 16.8. The predicted molar refractivity (Wildman–Crippen MR) is 140 cm³/mol. The molecule has 5 aliphatic rings. The second kappa shape index (κ2) is 8.34. The van der Waals surface area contributed by atoms with Crippen LogP contribution in [0.1, 0.15) is 99.8 Å². The number of rotatable bonds is 4. The Morgan fingerprint density at radius 2 is 1.58 bits per heavy atom. The number of carbonyl (C=O) groups excluding carboxylic acids is 1. The van der Waals surface area contributed by atoms with Gasteiger partial charge in [0, 0.05) is 17.3 Å². The molecule has 0 aromatic heterocycles. The summed E-state index contributed by atoms with van der Waals surface area (Å²) in [5, 5.41) is 55.5. The number of fused-ring (bicyclic) bond motifs is 5. The van der Waals surface area contributed by atoms with Crippen molar-refractivity contribution in [1.82, 2.24) is 0 Å². The van der Waals surface area contributed by atoms with Gasteiger partial charge in [-0.05, 0) is 103 Å². The Morgan fingerprint density at radius 1 is 0.947 bits per heavy atom. The first-order chi connectivity index (χ1) is 17.2. The van der Waals surface area contributed by atoms with Crippen LogP contribution in [0.2, 0.25) is 0 Å². The molecule has 1 heterocycles. The van der Waals surface area contributed by atoms with Crippen molar-refractivity contribution < 1.29 is 39.8 Å². The van der Waals surface area contributed by atoms with Crippen molar-refractivity contribution >= 4 is 5.78 Å². The summed E-state index contributed by atoms with van der Waals surface area (Å²) >= 11 is 0. The molecule has 0 spiro atoms. The number of hydrogen-bond acceptors (Lipinski definition) is 8. The molecule has 3 unspecified atom stereocenters. The van der Waals surface area contributed by atoms with Crippen LogP contribution in [0.4, 0.5) is 0 Å². The third-order valence-corrected chi connectivity index (χ3v) is 11.5. The van der Waals surface area contributed by atoms with E-state index in [1.54, 1.807) is 13.8 Å². The fourth-order valence-electron chi connectivity index (χ4n) is 9.48. The molecular weight excluding hydrogens is 488 g/mol. The number of ether oxygens (including phenoxy) is 2. The summed E-state index contributed by atoms with van der Waals surface area (Å²) in [6, 6.07) is 0. The molecule has 1 aliphatic heterocycles. The molecule has 4 fully saturated rings. The van der Waals surface area contributed by atoms with E-state index in [1.165, 1.54) is 6.08 Å². The van der Waals surface area contributed by atoms with Crippen molar-refractivity contribution in [2.24, 2.45) is 22.7 Å². The van der Waals surface area contributed by atoms with Crippen LogP contribution in [0.5, 0.6) is 0 Å². The first kappa shape index (κ1) is 28.7. The van der Waals surface area contributed by atoms with Crippen molar-refractivity contribution in [2.45, 2.75) is 146 Å². The Bertz CT molecular complexity index is 1030. The maximum absolute atomic E-state index is 13.5. The summed E-state index contributed by atoms with van der Waals surface area (Å²) in [6.07, 6.45) is 2.49. The number of ketones is 1. The minimum Gasteiger partial charge on any atom is -0.390 e. The molecule has 5 rings (SSSR count). The number of carbonyl (C=O) groups is 1. The standard InChI is InChI=1S/C30H48O8/c1-24(2,34)11-10-23-28(7,38-25(3,4)37-23)21-9-13-29(35)18-14-22(33)30(36)16-20(32)19(31)15-27(30,6)17(18)8-12-26(21,29)5/h14,17,19-21,23,31-32,34-36H,8-13,15-16H2,1-7H3/t17-,19?,20?,21-,23?,26+,27+,28+,29+,30+/m0/s1. The van der Waals surface area contributed by atoms with Gasteiger partial charge in [0.05, 0.1) is 35.1 Å². The van der Waals surface area contributed by atoms with Crippen LogP contribution in [0.3, 0.4) is 0 Å². The summed E-state index contributed by atoms with van der Waals surface area (Å²) < 4.78 is 13.1. The van der Waals surface area contributed by atoms with Crippen LogP contribution in [-0.4, -0.2) is 77.8 Å². The molecule has 8 heteroatoms. The molecule has 0 radical (unpaired) electrons. The van der Waals surface area contributed by atoms with E-state index in [9.17, 15) is 30.3 Å².